The lowest BCUT2D eigenvalue weighted by Gasteiger charge is -2.48. The summed E-state index contributed by atoms with van der Waals surface area (Å²) >= 11 is 1.60. The molecule has 1 aromatic carbocycles. The fourth-order valence-corrected chi connectivity index (χ4v) is 4.84. The van der Waals surface area contributed by atoms with E-state index in [0.29, 0.717) is 25.3 Å². The van der Waals surface area contributed by atoms with Crippen LogP contribution in [0.15, 0.2) is 35.2 Å². The topological polar surface area (TPSA) is 49.9 Å². The van der Waals surface area contributed by atoms with Gasteiger partial charge in [-0.2, -0.15) is 0 Å². The van der Waals surface area contributed by atoms with Gasteiger partial charge < -0.3 is 14.5 Å². The zero-order valence-corrected chi connectivity index (χ0v) is 16.3. The molecule has 1 unspecified atom stereocenters. The molecule has 2 heterocycles. The van der Waals surface area contributed by atoms with E-state index in [-0.39, 0.29) is 17.2 Å². The molecular weight excluding hydrogens is 348 g/mol. The van der Waals surface area contributed by atoms with E-state index in [9.17, 15) is 9.59 Å². The van der Waals surface area contributed by atoms with Gasteiger partial charge in [0, 0.05) is 50.0 Å². The number of hydrogen-bond acceptors (Lipinski definition) is 4. The number of hydrogen-bond donors (Lipinski definition) is 0. The number of rotatable bonds is 6. The third-order valence-electron chi connectivity index (χ3n) is 5.43. The summed E-state index contributed by atoms with van der Waals surface area (Å²) in [7, 11) is 1.66. The Morgan fingerprint density at radius 2 is 2.04 bits per heavy atom. The minimum atomic E-state index is 0.0625. The summed E-state index contributed by atoms with van der Waals surface area (Å²) in [4.78, 5) is 30.0. The van der Waals surface area contributed by atoms with Gasteiger partial charge in [0.1, 0.15) is 0 Å². The number of carbonyl (C=O) groups is 2. The van der Waals surface area contributed by atoms with Crippen molar-refractivity contribution in [1.82, 2.24) is 9.80 Å². The molecule has 3 rings (SSSR count). The first-order valence-corrected chi connectivity index (χ1v) is 10.3. The van der Waals surface area contributed by atoms with E-state index in [2.05, 4.69) is 0 Å². The summed E-state index contributed by atoms with van der Waals surface area (Å²) in [5.74, 6) is 0.904. The van der Waals surface area contributed by atoms with Gasteiger partial charge in [-0.25, -0.2) is 0 Å². The van der Waals surface area contributed by atoms with Gasteiger partial charge in [-0.15, -0.1) is 11.8 Å². The van der Waals surface area contributed by atoms with E-state index in [1.165, 1.54) is 0 Å². The zero-order valence-electron chi connectivity index (χ0n) is 15.5. The van der Waals surface area contributed by atoms with Crippen molar-refractivity contribution < 1.29 is 14.3 Å². The summed E-state index contributed by atoms with van der Waals surface area (Å²) < 4.78 is 5.14. The van der Waals surface area contributed by atoms with Crippen LogP contribution in [-0.4, -0.2) is 67.3 Å². The summed E-state index contributed by atoms with van der Waals surface area (Å²) in [5, 5.41) is 0. The zero-order chi connectivity index (χ0) is 18.4. The summed E-state index contributed by atoms with van der Waals surface area (Å²) in [5.41, 5.74) is 0.0625. The van der Waals surface area contributed by atoms with Gasteiger partial charge in [-0.1, -0.05) is 18.2 Å². The molecule has 0 N–H and O–H groups in total. The maximum absolute atomic E-state index is 12.7. The predicted octanol–water partition coefficient (Wildman–Crippen LogP) is 2.66. The van der Waals surface area contributed by atoms with Crippen LogP contribution in [0, 0.1) is 5.41 Å². The number of carbonyl (C=O) groups excluding carboxylic acids is 2. The fourth-order valence-electron chi connectivity index (χ4n) is 4.01. The average molecular weight is 377 g/mol. The molecule has 0 aliphatic carbocycles. The second-order valence-electron chi connectivity index (χ2n) is 7.33. The highest BCUT2D eigenvalue weighted by Crippen LogP contribution is 2.39. The average Bonchev–Trinajstić information content (AvgIpc) is 2.68. The molecule has 6 heteroatoms. The number of ether oxygens (including phenoxy) is 1. The lowest BCUT2D eigenvalue weighted by Crippen LogP contribution is -2.55. The van der Waals surface area contributed by atoms with Crippen molar-refractivity contribution in [3.63, 3.8) is 0 Å². The molecular formula is C20H28N2O3S. The van der Waals surface area contributed by atoms with Gasteiger partial charge >= 0.3 is 0 Å². The minimum Gasteiger partial charge on any atom is -0.383 e. The summed E-state index contributed by atoms with van der Waals surface area (Å²) in [6.07, 6.45) is 3.60. The highest BCUT2D eigenvalue weighted by molar-refractivity contribution is 8.00. The predicted molar refractivity (Wildman–Crippen MR) is 103 cm³/mol. The van der Waals surface area contributed by atoms with E-state index < -0.39 is 0 Å². The van der Waals surface area contributed by atoms with Crippen LogP contribution in [-0.2, 0) is 14.3 Å². The van der Waals surface area contributed by atoms with Crippen molar-refractivity contribution in [3.8, 4) is 0 Å². The summed E-state index contributed by atoms with van der Waals surface area (Å²) in [6.45, 7) is 3.58. The normalized spacial score (nSPS) is 23.5. The lowest BCUT2D eigenvalue weighted by molar-refractivity contribution is -0.142. The highest BCUT2D eigenvalue weighted by Gasteiger charge is 2.42. The monoisotopic (exact) mass is 376 g/mol. The second-order valence-corrected chi connectivity index (χ2v) is 8.38. The van der Waals surface area contributed by atoms with Gasteiger partial charge in [0.15, 0.2) is 0 Å². The van der Waals surface area contributed by atoms with Gasteiger partial charge in [0.2, 0.25) is 11.8 Å². The van der Waals surface area contributed by atoms with Crippen LogP contribution in [0.2, 0.25) is 0 Å². The maximum Gasteiger partial charge on any atom is 0.232 e. The van der Waals surface area contributed by atoms with Crippen LogP contribution in [0.25, 0.3) is 0 Å². The molecule has 1 aromatic rings. The largest absolute Gasteiger partial charge is 0.383 e. The summed E-state index contributed by atoms with van der Waals surface area (Å²) in [6, 6.07) is 10.1. The molecule has 1 spiro atoms. The van der Waals surface area contributed by atoms with Gasteiger partial charge in [0.05, 0.1) is 12.4 Å². The minimum absolute atomic E-state index is 0.0625. The third-order valence-corrected chi connectivity index (χ3v) is 6.43. The van der Waals surface area contributed by atoms with E-state index >= 15 is 0 Å². The Kier molecular flexibility index (Phi) is 6.59. The number of amides is 2. The quantitative estimate of drug-likeness (QED) is 0.716. The van der Waals surface area contributed by atoms with Crippen molar-refractivity contribution in [2.24, 2.45) is 5.41 Å². The molecule has 5 nitrogen and oxygen atoms in total. The fraction of sp³-hybridized carbons (Fsp3) is 0.600. The Morgan fingerprint density at radius 3 is 2.81 bits per heavy atom. The molecule has 0 saturated carbocycles. The molecule has 0 bridgehead atoms. The van der Waals surface area contributed by atoms with Crippen LogP contribution in [0.1, 0.15) is 25.7 Å². The first-order chi connectivity index (χ1) is 12.6. The van der Waals surface area contributed by atoms with Gasteiger partial charge in [-0.05, 0) is 31.4 Å². The number of benzene rings is 1. The van der Waals surface area contributed by atoms with Gasteiger partial charge in [-0.3, -0.25) is 9.59 Å². The molecule has 0 radical (unpaired) electrons. The van der Waals surface area contributed by atoms with E-state index in [1.807, 2.05) is 40.1 Å². The standard InChI is InChI=1S/C20H28N2O3S/c1-25-13-12-22-16-20(10-8-18(22)23)9-5-11-21(15-20)19(24)14-26-17-6-3-2-4-7-17/h2-4,6-7H,5,8-16H2,1H3. The Hall–Kier alpha value is -1.53. The number of piperidine rings is 2. The van der Waals surface area contributed by atoms with Crippen molar-refractivity contribution in [2.75, 3.05) is 45.6 Å². The van der Waals surface area contributed by atoms with E-state index in [4.69, 9.17) is 4.74 Å². The Bertz CT molecular complexity index is 625. The molecule has 2 saturated heterocycles. The first kappa shape index (κ1) is 19.2. The van der Waals surface area contributed by atoms with Crippen molar-refractivity contribution in [3.05, 3.63) is 30.3 Å². The van der Waals surface area contributed by atoms with Crippen LogP contribution in [0.4, 0.5) is 0 Å². The number of thioether (sulfide) groups is 1. The molecule has 2 aliphatic heterocycles. The highest BCUT2D eigenvalue weighted by atomic mass is 32.2. The number of methoxy groups -OCH3 is 1. The molecule has 26 heavy (non-hydrogen) atoms. The Balaban J connectivity index is 1.57. The Morgan fingerprint density at radius 1 is 1.23 bits per heavy atom. The van der Waals surface area contributed by atoms with Crippen LogP contribution in [0.5, 0.6) is 0 Å². The van der Waals surface area contributed by atoms with Crippen molar-refractivity contribution in [2.45, 2.75) is 30.6 Å². The number of nitrogens with zero attached hydrogens (tertiary/aromatic N) is 2. The number of likely N-dealkylation sites (tertiary alicyclic amines) is 2. The third kappa shape index (κ3) is 4.80. The smallest absolute Gasteiger partial charge is 0.232 e. The van der Waals surface area contributed by atoms with Gasteiger partial charge in [0.25, 0.3) is 0 Å². The van der Waals surface area contributed by atoms with Crippen LogP contribution >= 0.6 is 11.8 Å². The molecule has 142 valence electrons. The maximum atomic E-state index is 12.7. The second kappa shape index (κ2) is 8.91. The van der Waals surface area contributed by atoms with Crippen LogP contribution < -0.4 is 0 Å². The van der Waals surface area contributed by atoms with Crippen LogP contribution in [0.3, 0.4) is 0 Å². The Labute approximate surface area is 160 Å². The van der Waals surface area contributed by atoms with E-state index in [1.54, 1.807) is 18.9 Å². The first-order valence-electron chi connectivity index (χ1n) is 9.34. The van der Waals surface area contributed by atoms with Crippen molar-refractivity contribution >= 4 is 23.6 Å². The van der Waals surface area contributed by atoms with Crippen molar-refractivity contribution in [1.29, 1.82) is 0 Å². The molecule has 2 aliphatic rings. The van der Waals surface area contributed by atoms with E-state index in [0.717, 1.165) is 43.8 Å². The molecule has 0 aromatic heterocycles. The SMILES string of the molecule is COCCN1CC2(CCCN(C(=O)CSc3ccccc3)C2)CCC1=O. The molecule has 2 amide bonds. The lowest BCUT2D eigenvalue weighted by atomic mass is 9.73. The molecule has 2 fully saturated rings. The molecule has 1 atom stereocenters.